The van der Waals surface area contributed by atoms with Crippen LogP contribution >= 0.6 is 0 Å². The second kappa shape index (κ2) is 6.68. The van der Waals surface area contributed by atoms with Crippen LogP contribution in [-0.4, -0.2) is 32.2 Å². The number of fused-ring (bicyclic) bond motifs is 1. The van der Waals surface area contributed by atoms with Gasteiger partial charge in [0.05, 0.1) is 11.5 Å². The Balaban J connectivity index is 1.78. The molecule has 0 unspecified atom stereocenters. The predicted octanol–water partition coefficient (Wildman–Crippen LogP) is 4.10. The van der Waals surface area contributed by atoms with Gasteiger partial charge in [0.25, 0.3) is 0 Å². The summed E-state index contributed by atoms with van der Waals surface area (Å²) in [6, 6.07) is 6.61. The number of aromatic nitrogens is 3. The molecule has 0 saturated heterocycles. The summed E-state index contributed by atoms with van der Waals surface area (Å²) in [5.41, 5.74) is 3.57. The van der Waals surface area contributed by atoms with Crippen molar-refractivity contribution in [1.29, 1.82) is 0 Å². The standard InChI is InChI=1S/C20H23FN4O/c1-11-12(2)22-19-17(11)20(23-15-6-8-16(26)9-7-15)25-18(24-19)13-4-3-5-14(21)10-13/h3-5,10,15-16,26H,6-9H2,1-2H3,(H2,22,23,24,25). The number of rotatable bonds is 3. The fraction of sp³-hybridized carbons (Fsp3) is 0.400. The first kappa shape index (κ1) is 17.0. The largest absolute Gasteiger partial charge is 0.393 e. The quantitative estimate of drug-likeness (QED) is 0.662. The lowest BCUT2D eigenvalue weighted by Gasteiger charge is -2.27. The highest BCUT2D eigenvalue weighted by Crippen LogP contribution is 2.31. The third kappa shape index (κ3) is 3.17. The maximum atomic E-state index is 13.6. The average molecular weight is 354 g/mol. The molecule has 0 aliphatic heterocycles. The minimum atomic E-state index is -0.305. The Bertz CT molecular complexity index is 944. The normalized spacial score (nSPS) is 20.5. The number of nitrogens with one attached hydrogen (secondary N) is 2. The van der Waals surface area contributed by atoms with Gasteiger partial charge in [-0.1, -0.05) is 12.1 Å². The van der Waals surface area contributed by atoms with Crippen molar-refractivity contribution in [3.05, 3.63) is 41.3 Å². The fourth-order valence-electron chi connectivity index (χ4n) is 3.64. The summed E-state index contributed by atoms with van der Waals surface area (Å²) in [7, 11) is 0. The lowest BCUT2D eigenvalue weighted by Crippen LogP contribution is -2.28. The van der Waals surface area contributed by atoms with Crippen LogP contribution in [0.3, 0.4) is 0 Å². The van der Waals surface area contributed by atoms with Crippen LogP contribution in [-0.2, 0) is 0 Å². The molecule has 0 radical (unpaired) electrons. The Morgan fingerprint density at radius 3 is 2.65 bits per heavy atom. The summed E-state index contributed by atoms with van der Waals surface area (Å²) in [6.07, 6.45) is 3.22. The van der Waals surface area contributed by atoms with Crippen molar-refractivity contribution in [3.63, 3.8) is 0 Å². The lowest BCUT2D eigenvalue weighted by molar-refractivity contribution is 0.126. The summed E-state index contributed by atoms with van der Waals surface area (Å²) < 4.78 is 13.6. The SMILES string of the molecule is Cc1[nH]c2nc(-c3cccc(F)c3)nc(NC3CCC(O)CC3)c2c1C. The van der Waals surface area contributed by atoms with Gasteiger partial charge in [0.1, 0.15) is 17.3 Å². The van der Waals surface area contributed by atoms with Crippen LogP contribution in [0.1, 0.15) is 36.9 Å². The zero-order valence-electron chi connectivity index (χ0n) is 15.0. The molecule has 3 N–H and O–H groups in total. The average Bonchev–Trinajstić information content (AvgIpc) is 2.91. The number of nitrogens with zero attached hydrogens (tertiary/aromatic N) is 2. The van der Waals surface area contributed by atoms with E-state index in [4.69, 9.17) is 4.98 Å². The molecule has 2 aromatic heterocycles. The molecule has 1 aliphatic carbocycles. The van der Waals surface area contributed by atoms with Gasteiger partial charge in [-0.3, -0.25) is 0 Å². The number of aliphatic hydroxyl groups excluding tert-OH is 1. The first-order chi connectivity index (χ1) is 12.5. The zero-order chi connectivity index (χ0) is 18.3. The van der Waals surface area contributed by atoms with Gasteiger partial charge in [-0.15, -0.1) is 0 Å². The molecule has 0 bridgehead atoms. The van der Waals surface area contributed by atoms with E-state index in [0.717, 1.165) is 53.8 Å². The Hall–Kier alpha value is -2.47. The molecule has 4 rings (SSSR count). The van der Waals surface area contributed by atoms with E-state index in [2.05, 4.69) is 22.2 Å². The minimum Gasteiger partial charge on any atom is -0.393 e. The van der Waals surface area contributed by atoms with Gasteiger partial charge in [0.15, 0.2) is 5.82 Å². The lowest BCUT2D eigenvalue weighted by atomic mass is 9.93. The molecule has 26 heavy (non-hydrogen) atoms. The molecular weight excluding hydrogens is 331 g/mol. The monoisotopic (exact) mass is 354 g/mol. The highest BCUT2D eigenvalue weighted by Gasteiger charge is 2.22. The Kier molecular flexibility index (Phi) is 4.36. The van der Waals surface area contributed by atoms with Crippen molar-refractivity contribution in [2.45, 2.75) is 51.7 Å². The molecule has 0 spiro atoms. The molecule has 5 nitrogen and oxygen atoms in total. The number of aryl methyl sites for hydroxylation is 2. The van der Waals surface area contributed by atoms with Crippen molar-refractivity contribution >= 4 is 16.9 Å². The minimum absolute atomic E-state index is 0.197. The maximum absolute atomic E-state index is 13.6. The molecule has 6 heteroatoms. The van der Waals surface area contributed by atoms with Crippen molar-refractivity contribution in [3.8, 4) is 11.4 Å². The summed E-state index contributed by atoms with van der Waals surface area (Å²) in [6.45, 7) is 4.06. The number of hydrogen-bond donors (Lipinski definition) is 3. The van der Waals surface area contributed by atoms with Crippen LogP contribution < -0.4 is 5.32 Å². The van der Waals surface area contributed by atoms with Gasteiger partial charge in [-0.25, -0.2) is 14.4 Å². The predicted molar refractivity (Wildman–Crippen MR) is 101 cm³/mol. The van der Waals surface area contributed by atoms with Crippen LogP contribution in [0.5, 0.6) is 0 Å². The smallest absolute Gasteiger partial charge is 0.164 e. The summed E-state index contributed by atoms with van der Waals surface area (Å²) in [5, 5.41) is 14.3. The second-order valence-electron chi connectivity index (χ2n) is 7.15. The topological polar surface area (TPSA) is 73.8 Å². The molecule has 1 saturated carbocycles. The Morgan fingerprint density at radius 2 is 1.92 bits per heavy atom. The molecular formula is C20H23FN4O. The number of benzene rings is 1. The van der Waals surface area contributed by atoms with E-state index in [1.165, 1.54) is 12.1 Å². The fourth-order valence-corrected chi connectivity index (χ4v) is 3.64. The molecule has 0 atom stereocenters. The maximum Gasteiger partial charge on any atom is 0.164 e. The summed E-state index contributed by atoms with van der Waals surface area (Å²) in [5.74, 6) is 0.968. The van der Waals surface area contributed by atoms with Crippen molar-refractivity contribution in [2.24, 2.45) is 0 Å². The highest BCUT2D eigenvalue weighted by atomic mass is 19.1. The van der Waals surface area contributed by atoms with Crippen LogP contribution in [0.2, 0.25) is 0 Å². The third-order valence-corrected chi connectivity index (χ3v) is 5.27. The summed E-state index contributed by atoms with van der Waals surface area (Å²) in [4.78, 5) is 12.7. The van der Waals surface area contributed by atoms with E-state index in [0.29, 0.717) is 11.4 Å². The van der Waals surface area contributed by atoms with Gasteiger partial charge in [0.2, 0.25) is 0 Å². The van der Waals surface area contributed by atoms with Gasteiger partial charge < -0.3 is 15.4 Å². The van der Waals surface area contributed by atoms with Crippen LogP contribution in [0.25, 0.3) is 22.4 Å². The number of halogens is 1. The second-order valence-corrected chi connectivity index (χ2v) is 7.15. The number of aliphatic hydroxyl groups is 1. The van der Waals surface area contributed by atoms with Crippen LogP contribution in [0, 0.1) is 19.7 Å². The van der Waals surface area contributed by atoms with Gasteiger partial charge in [-0.2, -0.15) is 0 Å². The molecule has 3 aromatic rings. The van der Waals surface area contributed by atoms with E-state index in [1.807, 2.05) is 13.0 Å². The molecule has 0 amide bonds. The van der Waals surface area contributed by atoms with Crippen molar-refractivity contribution < 1.29 is 9.50 Å². The molecule has 136 valence electrons. The number of hydrogen-bond acceptors (Lipinski definition) is 4. The highest BCUT2D eigenvalue weighted by molar-refractivity contribution is 5.92. The van der Waals surface area contributed by atoms with Crippen LogP contribution in [0.15, 0.2) is 24.3 Å². The molecule has 1 aliphatic rings. The number of H-pyrrole nitrogens is 1. The number of aromatic amines is 1. The number of anilines is 1. The Labute approximate surface area is 151 Å². The van der Waals surface area contributed by atoms with E-state index in [9.17, 15) is 9.50 Å². The van der Waals surface area contributed by atoms with Crippen molar-refractivity contribution in [1.82, 2.24) is 15.0 Å². The molecule has 1 fully saturated rings. The van der Waals surface area contributed by atoms with Gasteiger partial charge in [-0.05, 0) is 57.2 Å². The van der Waals surface area contributed by atoms with E-state index >= 15 is 0 Å². The molecule has 2 heterocycles. The third-order valence-electron chi connectivity index (χ3n) is 5.27. The van der Waals surface area contributed by atoms with E-state index < -0.39 is 0 Å². The van der Waals surface area contributed by atoms with E-state index in [-0.39, 0.29) is 18.0 Å². The zero-order valence-corrected chi connectivity index (χ0v) is 15.0. The Morgan fingerprint density at radius 1 is 1.15 bits per heavy atom. The van der Waals surface area contributed by atoms with E-state index in [1.54, 1.807) is 6.07 Å². The van der Waals surface area contributed by atoms with Gasteiger partial charge in [0, 0.05) is 17.3 Å². The van der Waals surface area contributed by atoms with Crippen molar-refractivity contribution in [2.75, 3.05) is 5.32 Å². The first-order valence-electron chi connectivity index (χ1n) is 9.08. The summed E-state index contributed by atoms with van der Waals surface area (Å²) >= 11 is 0. The molecule has 1 aromatic carbocycles. The van der Waals surface area contributed by atoms with Crippen LogP contribution in [0.4, 0.5) is 10.2 Å². The van der Waals surface area contributed by atoms with Gasteiger partial charge >= 0.3 is 0 Å². The first-order valence-corrected chi connectivity index (χ1v) is 9.08.